The predicted molar refractivity (Wildman–Crippen MR) is 212 cm³/mol. The highest BCUT2D eigenvalue weighted by Gasteiger charge is 2.22. The van der Waals surface area contributed by atoms with Crippen LogP contribution in [-0.4, -0.2) is 50.4 Å². The lowest BCUT2D eigenvalue weighted by Gasteiger charge is -2.26. The minimum Gasteiger partial charge on any atom is -0.478 e. The first kappa shape index (κ1) is 40.8. The van der Waals surface area contributed by atoms with Crippen LogP contribution in [0.4, 0.5) is 0 Å². The number of rotatable bonds is 9. The largest absolute Gasteiger partial charge is 0.478 e. The van der Waals surface area contributed by atoms with Crippen molar-refractivity contribution in [2.45, 2.75) is 52.4 Å². The number of nitrogens with two attached hydrogens (primary N) is 1. The van der Waals surface area contributed by atoms with Gasteiger partial charge in [-0.25, -0.2) is 4.79 Å². The van der Waals surface area contributed by atoms with E-state index in [2.05, 4.69) is 109 Å². The average Bonchev–Trinajstić information content (AvgIpc) is 3.79. The molecule has 0 radical (unpaired) electrons. The fourth-order valence-corrected chi connectivity index (χ4v) is 5.66. The Hall–Kier alpha value is -4.98. The molecular weight excluding hydrogens is 804 g/mol. The second-order valence-electron chi connectivity index (χ2n) is 13.4. The zero-order valence-corrected chi connectivity index (χ0v) is 33.5. The maximum Gasteiger partial charge on any atom is 0.335 e. The molecule has 0 saturated heterocycles. The number of nitrogens with one attached hydrogen (secondary N) is 1. The van der Waals surface area contributed by atoms with E-state index in [0.29, 0.717) is 47.6 Å². The van der Waals surface area contributed by atoms with Gasteiger partial charge in [0.15, 0.2) is 0 Å². The van der Waals surface area contributed by atoms with Crippen molar-refractivity contribution >= 4 is 43.7 Å². The molecule has 2 heterocycles. The van der Waals surface area contributed by atoms with Gasteiger partial charge in [0.1, 0.15) is 0 Å². The maximum absolute atomic E-state index is 12.6. The van der Waals surface area contributed by atoms with Crippen molar-refractivity contribution in [1.82, 2.24) is 25.6 Å². The maximum atomic E-state index is 12.6. The van der Waals surface area contributed by atoms with E-state index in [1.165, 1.54) is 17.7 Å². The van der Waals surface area contributed by atoms with Crippen molar-refractivity contribution < 1.29 is 23.7 Å². The second kappa shape index (κ2) is 18.2. The van der Waals surface area contributed by atoms with Crippen molar-refractivity contribution in [2.75, 3.05) is 13.1 Å². The molecular formula is C40H42Br2N6O5. The molecule has 11 nitrogen and oxygen atoms in total. The zero-order chi connectivity index (χ0) is 38.8. The predicted octanol–water partition coefficient (Wildman–Crippen LogP) is 8.94. The lowest BCUT2D eigenvalue weighted by Crippen LogP contribution is -2.36. The van der Waals surface area contributed by atoms with Crippen molar-refractivity contribution in [2.24, 2.45) is 5.73 Å². The molecule has 0 unspecified atom stereocenters. The molecule has 0 aliphatic heterocycles. The number of halogens is 2. The minimum absolute atomic E-state index is 0.0732. The van der Waals surface area contributed by atoms with Gasteiger partial charge in [0.2, 0.25) is 23.4 Å². The Balaban J connectivity index is 0.000000196. The summed E-state index contributed by atoms with van der Waals surface area (Å²) in [6.45, 7) is 13.1. The molecule has 0 bridgehead atoms. The van der Waals surface area contributed by atoms with Crippen LogP contribution in [0.1, 0.15) is 71.3 Å². The van der Waals surface area contributed by atoms with Crippen LogP contribution in [0.25, 0.3) is 22.8 Å². The number of hydrogen-bond donors (Lipinski definition) is 3. The van der Waals surface area contributed by atoms with E-state index in [0.717, 1.165) is 20.1 Å². The molecule has 0 atom stereocenters. The summed E-state index contributed by atoms with van der Waals surface area (Å²) in [5, 5.41) is 19.4. The molecule has 0 saturated carbocycles. The standard InChI is InChI=1S/C20H20BrN3O2.C10H14BrN.C10H8N2O3/c1-13-23-18(24-26-13)14-6-4-7-15(10-14)19(25)22-12-20(2,3)16-8-5-9-17(21)11-16;1-10(2,7-12)8-4-3-5-9(11)6-8;1-6-11-9(12-15-6)7-3-2-4-8(5-7)10(13)14/h4-11H,12H2,1-3H3,(H,22,25);3-6H,7,12H2,1-2H3;2-5H,1H3,(H,13,14). The fourth-order valence-electron chi connectivity index (χ4n) is 4.87. The molecule has 1 amide bonds. The SMILES string of the molecule is CC(C)(CN)c1cccc(Br)c1.Cc1nc(-c2cccc(C(=O)NCC(C)(C)c3cccc(Br)c3)c2)no1.Cc1nc(-c2cccc(C(=O)O)c2)no1. The molecule has 53 heavy (non-hydrogen) atoms. The zero-order valence-electron chi connectivity index (χ0n) is 30.4. The van der Waals surface area contributed by atoms with E-state index in [1.54, 1.807) is 38.1 Å². The van der Waals surface area contributed by atoms with E-state index in [-0.39, 0.29) is 22.3 Å². The first-order valence-electron chi connectivity index (χ1n) is 16.6. The van der Waals surface area contributed by atoms with Gasteiger partial charge in [-0.05, 0) is 59.7 Å². The van der Waals surface area contributed by atoms with Gasteiger partial charge in [-0.3, -0.25) is 4.79 Å². The van der Waals surface area contributed by atoms with E-state index in [4.69, 9.17) is 19.9 Å². The number of carbonyl (C=O) groups is 2. The number of aromatic carboxylic acids is 1. The summed E-state index contributed by atoms with van der Waals surface area (Å²) in [6.07, 6.45) is 0. The van der Waals surface area contributed by atoms with Crippen LogP contribution in [0, 0.1) is 13.8 Å². The Labute approximate surface area is 325 Å². The number of amides is 1. The number of aromatic nitrogens is 4. The Morgan fingerprint density at radius 1 is 0.698 bits per heavy atom. The van der Waals surface area contributed by atoms with E-state index < -0.39 is 5.97 Å². The van der Waals surface area contributed by atoms with Gasteiger partial charge in [0.25, 0.3) is 5.91 Å². The smallest absolute Gasteiger partial charge is 0.335 e. The fraction of sp³-hybridized carbons (Fsp3) is 0.250. The quantitative estimate of drug-likeness (QED) is 0.128. The molecule has 0 aliphatic rings. The van der Waals surface area contributed by atoms with Gasteiger partial charge in [-0.1, -0.05) is 118 Å². The van der Waals surface area contributed by atoms with Crippen molar-refractivity contribution in [3.8, 4) is 22.8 Å². The average molecular weight is 847 g/mol. The summed E-state index contributed by atoms with van der Waals surface area (Å²) in [5.41, 5.74) is 10.1. The number of carboxylic acid groups (broad SMARTS) is 1. The summed E-state index contributed by atoms with van der Waals surface area (Å²) in [5.74, 6) is 0.714. The third-order valence-corrected chi connectivity index (χ3v) is 9.21. The van der Waals surface area contributed by atoms with E-state index in [9.17, 15) is 9.59 Å². The lowest BCUT2D eigenvalue weighted by atomic mass is 9.84. The number of carbonyl (C=O) groups excluding carboxylic acids is 1. The number of aryl methyl sites for hydroxylation is 2. The summed E-state index contributed by atoms with van der Waals surface area (Å²) in [6, 6.07) is 30.0. The Bertz CT molecular complexity index is 2160. The summed E-state index contributed by atoms with van der Waals surface area (Å²) >= 11 is 6.94. The molecule has 0 fully saturated rings. The molecule has 2 aromatic heterocycles. The minimum atomic E-state index is -0.975. The van der Waals surface area contributed by atoms with Crippen molar-refractivity contribution in [1.29, 1.82) is 0 Å². The third kappa shape index (κ3) is 11.8. The topological polar surface area (TPSA) is 170 Å². The number of carboxylic acids is 1. The number of hydrogen-bond acceptors (Lipinski definition) is 9. The van der Waals surface area contributed by atoms with Gasteiger partial charge in [-0.2, -0.15) is 9.97 Å². The third-order valence-electron chi connectivity index (χ3n) is 8.22. The van der Waals surface area contributed by atoms with Gasteiger partial charge in [-0.15, -0.1) is 0 Å². The number of benzene rings is 4. The molecule has 13 heteroatoms. The van der Waals surface area contributed by atoms with E-state index >= 15 is 0 Å². The molecule has 4 N–H and O–H groups in total. The summed E-state index contributed by atoms with van der Waals surface area (Å²) in [7, 11) is 0. The highest BCUT2D eigenvalue weighted by Crippen LogP contribution is 2.26. The van der Waals surface area contributed by atoms with Crippen LogP contribution in [0.15, 0.2) is 115 Å². The monoisotopic (exact) mass is 844 g/mol. The van der Waals surface area contributed by atoms with Crippen LogP contribution in [0.5, 0.6) is 0 Å². The van der Waals surface area contributed by atoms with Gasteiger partial charge in [0.05, 0.1) is 5.56 Å². The second-order valence-corrected chi connectivity index (χ2v) is 15.2. The summed E-state index contributed by atoms with van der Waals surface area (Å²) in [4.78, 5) is 31.5. The molecule has 0 aliphatic carbocycles. The molecule has 276 valence electrons. The first-order chi connectivity index (χ1) is 25.1. The van der Waals surface area contributed by atoms with Crippen LogP contribution < -0.4 is 11.1 Å². The highest BCUT2D eigenvalue weighted by atomic mass is 79.9. The van der Waals surface area contributed by atoms with Crippen LogP contribution >= 0.6 is 31.9 Å². The Kier molecular flexibility index (Phi) is 14.0. The molecule has 6 rings (SSSR count). The first-order valence-corrected chi connectivity index (χ1v) is 18.2. The van der Waals surface area contributed by atoms with Gasteiger partial charge < -0.3 is 25.2 Å². The summed E-state index contributed by atoms with van der Waals surface area (Å²) < 4.78 is 12.0. The highest BCUT2D eigenvalue weighted by molar-refractivity contribution is 9.10. The Morgan fingerprint density at radius 2 is 1.15 bits per heavy atom. The van der Waals surface area contributed by atoms with E-state index in [1.807, 2.05) is 36.4 Å². The van der Waals surface area contributed by atoms with Gasteiger partial charge >= 0.3 is 5.97 Å². The van der Waals surface area contributed by atoms with Crippen molar-refractivity contribution in [3.63, 3.8) is 0 Å². The van der Waals surface area contributed by atoms with Crippen LogP contribution in [0.3, 0.4) is 0 Å². The van der Waals surface area contributed by atoms with Crippen molar-refractivity contribution in [3.05, 3.63) is 140 Å². The molecule has 0 spiro atoms. The molecule has 6 aromatic rings. The Morgan fingerprint density at radius 3 is 1.58 bits per heavy atom. The lowest BCUT2D eigenvalue weighted by molar-refractivity contribution is 0.0696. The van der Waals surface area contributed by atoms with Crippen LogP contribution in [0.2, 0.25) is 0 Å². The normalized spacial score (nSPS) is 11.1. The number of nitrogens with zero attached hydrogens (tertiary/aromatic N) is 4. The van der Waals surface area contributed by atoms with Gasteiger partial charge in [0, 0.05) is 63.4 Å². The molecule has 4 aromatic carbocycles. The van der Waals surface area contributed by atoms with Crippen LogP contribution in [-0.2, 0) is 10.8 Å².